The molecular weight excluding hydrogens is 296 g/mol. The van der Waals surface area contributed by atoms with Gasteiger partial charge in [-0.3, -0.25) is 4.79 Å². The molecule has 0 aliphatic rings. The van der Waals surface area contributed by atoms with Crippen molar-refractivity contribution in [1.29, 1.82) is 0 Å². The number of hydrogen-bond donors (Lipinski definition) is 2. The fraction of sp³-hybridized carbons (Fsp3) is 0.353. The van der Waals surface area contributed by atoms with Gasteiger partial charge in [0.2, 0.25) is 0 Å². The monoisotopic (exact) mass is 318 g/mol. The van der Waals surface area contributed by atoms with Gasteiger partial charge in [0.15, 0.2) is 17.3 Å². The molecule has 1 heterocycles. The van der Waals surface area contributed by atoms with Gasteiger partial charge in [0.25, 0.3) is 5.91 Å². The molecule has 23 heavy (non-hydrogen) atoms. The van der Waals surface area contributed by atoms with Crippen molar-refractivity contribution in [2.24, 2.45) is 0 Å². The molecule has 1 amide bonds. The number of ether oxygens (including phenoxy) is 2. The molecule has 1 aromatic heterocycles. The lowest BCUT2D eigenvalue weighted by Gasteiger charge is -2.10. The molecule has 0 bridgehead atoms. The van der Waals surface area contributed by atoms with Crippen LogP contribution in [0.4, 0.5) is 0 Å². The van der Waals surface area contributed by atoms with Crippen LogP contribution in [0.5, 0.6) is 11.5 Å². The third-order valence-corrected chi connectivity index (χ3v) is 3.39. The summed E-state index contributed by atoms with van der Waals surface area (Å²) < 4.78 is 16.4. The van der Waals surface area contributed by atoms with E-state index in [1.54, 1.807) is 19.2 Å². The van der Waals surface area contributed by atoms with Crippen LogP contribution in [-0.4, -0.2) is 32.7 Å². The number of likely N-dealkylation sites (N-methyl/N-ethyl adjacent to an activating group) is 1. The zero-order chi connectivity index (χ0) is 16.7. The lowest BCUT2D eigenvalue weighted by atomic mass is 10.3. The number of carbonyl (C=O) groups excluding carboxylic acids is 1. The topological polar surface area (TPSA) is 72.7 Å². The van der Waals surface area contributed by atoms with Crippen LogP contribution in [0.15, 0.2) is 40.8 Å². The first-order valence-electron chi connectivity index (χ1n) is 7.44. The van der Waals surface area contributed by atoms with Crippen LogP contribution in [0.1, 0.15) is 23.2 Å². The molecule has 6 nitrogen and oxygen atoms in total. The molecule has 2 N–H and O–H groups in total. The van der Waals surface area contributed by atoms with E-state index in [-0.39, 0.29) is 24.3 Å². The summed E-state index contributed by atoms with van der Waals surface area (Å²) in [5.74, 6) is 1.88. The Labute approximate surface area is 135 Å². The number of methoxy groups -OCH3 is 1. The van der Waals surface area contributed by atoms with Gasteiger partial charge in [-0.05, 0) is 38.2 Å². The third-order valence-electron chi connectivity index (χ3n) is 3.39. The largest absolute Gasteiger partial charge is 0.493 e. The van der Waals surface area contributed by atoms with E-state index in [4.69, 9.17) is 13.9 Å². The average Bonchev–Trinajstić information content (AvgIpc) is 3.06. The summed E-state index contributed by atoms with van der Waals surface area (Å²) in [4.78, 5) is 12.0. The minimum Gasteiger partial charge on any atom is -0.493 e. The number of hydrogen-bond acceptors (Lipinski definition) is 5. The Bertz CT molecular complexity index is 639. The number of carbonyl (C=O) groups is 1. The molecule has 1 atom stereocenters. The highest BCUT2D eigenvalue weighted by atomic mass is 16.5. The first-order valence-corrected chi connectivity index (χ1v) is 7.44. The van der Waals surface area contributed by atoms with Crippen LogP contribution >= 0.6 is 0 Å². The Hall–Kier alpha value is -2.47. The standard InChI is InChI=1S/C17H22N2O4/c1-12(18-2)10-19-17(20)16-9-8-13(23-16)11-22-15-7-5-4-6-14(15)21-3/h4-9,12,18H,10-11H2,1-3H3,(H,19,20). The SMILES string of the molecule is CNC(C)CNC(=O)c1ccc(COc2ccccc2OC)o1. The highest BCUT2D eigenvalue weighted by molar-refractivity contribution is 5.91. The smallest absolute Gasteiger partial charge is 0.287 e. The van der Waals surface area contributed by atoms with Crippen LogP contribution in [-0.2, 0) is 6.61 Å². The zero-order valence-corrected chi connectivity index (χ0v) is 13.6. The maximum absolute atomic E-state index is 12.0. The number of benzene rings is 1. The Kier molecular flexibility index (Phi) is 6.05. The maximum atomic E-state index is 12.0. The second-order valence-corrected chi connectivity index (χ2v) is 5.11. The molecule has 6 heteroatoms. The van der Waals surface area contributed by atoms with Gasteiger partial charge < -0.3 is 24.5 Å². The second-order valence-electron chi connectivity index (χ2n) is 5.11. The van der Waals surface area contributed by atoms with Gasteiger partial charge in [0.05, 0.1) is 7.11 Å². The van der Waals surface area contributed by atoms with E-state index >= 15 is 0 Å². The van der Waals surface area contributed by atoms with E-state index in [0.29, 0.717) is 23.8 Å². The fourth-order valence-electron chi connectivity index (χ4n) is 1.90. The molecule has 0 aliphatic heterocycles. The summed E-state index contributed by atoms with van der Waals surface area (Å²) in [6.07, 6.45) is 0. The molecule has 0 aliphatic carbocycles. The third kappa shape index (κ3) is 4.75. The molecule has 0 spiro atoms. The fourth-order valence-corrected chi connectivity index (χ4v) is 1.90. The van der Waals surface area contributed by atoms with Crippen LogP contribution < -0.4 is 20.1 Å². The van der Waals surface area contributed by atoms with Crippen molar-refractivity contribution < 1.29 is 18.7 Å². The Balaban J connectivity index is 1.90. The second kappa shape index (κ2) is 8.24. The van der Waals surface area contributed by atoms with E-state index in [1.807, 2.05) is 38.2 Å². The van der Waals surface area contributed by atoms with Crippen molar-refractivity contribution in [3.8, 4) is 11.5 Å². The highest BCUT2D eigenvalue weighted by Crippen LogP contribution is 2.26. The van der Waals surface area contributed by atoms with Gasteiger partial charge in [-0.2, -0.15) is 0 Å². The Morgan fingerprint density at radius 2 is 1.96 bits per heavy atom. The van der Waals surface area contributed by atoms with Crippen LogP contribution in [0, 0.1) is 0 Å². The summed E-state index contributed by atoms with van der Waals surface area (Å²) in [5, 5.41) is 5.85. The summed E-state index contributed by atoms with van der Waals surface area (Å²) in [6.45, 7) is 2.73. The molecule has 1 unspecified atom stereocenters. The van der Waals surface area contributed by atoms with Gasteiger partial charge in [-0.15, -0.1) is 0 Å². The predicted octanol–water partition coefficient (Wildman–Crippen LogP) is 2.20. The summed E-state index contributed by atoms with van der Waals surface area (Å²) in [7, 11) is 3.43. The van der Waals surface area contributed by atoms with Gasteiger partial charge in [0.1, 0.15) is 12.4 Å². The molecule has 0 saturated carbocycles. The lowest BCUT2D eigenvalue weighted by molar-refractivity contribution is 0.0918. The molecule has 2 rings (SSSR count). The van der Waals surface area contributed by atoms with E-state index < -0.39 is 0 Å². The van der Waals surface area contributed by atoms with Gasteiger partial charge >= 0.3 is 0 Å². The van der Waals surface area contributed by atoms with Crippen molar-refractivity contribution in [1.82, 2.24) is 10.6 Å². The van der Waals surface area contributed by atoms with E-state index in [1.165, 1.54) is 0 Å². The molecule has 124 valence electrons. The van der Waals surface area contributed by atoms with Crippen molar-refractivity contribution >= 4 is 5.91 Å². The molecule has 0 saturated heterocycles. The molecule has 2 aromatic rings. The molecular formula is C17H22N2O4. The molecule has 1 aromatic carbocycles. The quantitative estimate of drug-likeness (QED) is 0.781. The maximum Gasteiger partial charge on any atom is 0.287 e. The molecule has 0 fully saturated rings. The zero-order valence-electron chi connectivity index (χ0n) is 13.6. The number of nitrogens with one attached hydrogen (secondary N) is 2. The van der Waals surface area contributed by atoms with Gasteiger partial charge in [-0.25, -0.2) is 0 Å². The van der Waals surface area contributed by atoms with Crippen molar-refractivity contribution in [3.63, 3.8) is 0 Å². The Morgan fingerprint density at radius 1 is 1.22 bits per heavy atom. The van der Waals surface area contributed by atoms with E-state index in [9.17, 15) is 4.79 Å². The summed E-state index contributed by atoms with van der Waals surface area (Å²) in [6, 6.07) is 10.9. The van der Waals surface area contributed by atoms with Crippen molar-refractivity contribution in [2.45, 2.75) is 19.6 Å². The van der Waals surface area contributed by atoms with Crippen LogP contribution in [0.25, 0.3) is 0 Å². The first-order chi connectivity index (χ1) is 11.1. The van der Waals surface area contributed by atoms with Crippen molar-refractivity contribution in [3.05, 3.63) is 47.9 Å². The first kappa shape index (κ1) is 16.9. The minimum absolute atomic E-state index is 0.197. The minimum atomic E-state index is -0.240. The average molecular weight is 318 g/mol. The van der Waals surface area contributed by atoms with Gasteiger partial charge in [0, 0.05) is 12.6 Å². The number of para-hydroxylation sites is 2. The van der Waals surface area contributed by atoms with Gasteiger partial charge in [-0.1, -0.05) is 12.1 Å². The van der Waals surface area contributed by atoms with Crippen molar-refractivity contribution in [2.75, 3.05) is 20.7 Å². The van der Waals surface area contributed by atoms with E-state index in [2.05, 4.69) is 10.6 Å². The molecule has 0 radical (unpaired) electrons. The Morgan fingerprint density at radius 3 is 2.65 bits per heavy atom. The number of furan rings is 1. The lowest BCUT2D eigenvalue weighted by Crippen LogP contribution is -2.37. The normalized spacial score (nSPS) is 11.8. The predicted molar refractivity (Wildman–Crippen MR) is 86.9 cm³/mol. The summed E-state index contributed by atoms with van der Waals surface area (Å²) in [5.41, 5.74) is 0. The highest BCUT2D eigenvalue weighted by Gasteiger charge is 2.12. The summed E-state index contributed by atoms with van der Waals surface area (Å²) >= 11 is 0. The number of rotatable bonds is 8. The number of amides is 1. The van der Waals surface area contributed by atoms with Crippen LogP contribution in [0.3, 0.4) is 0 Å². The van der Waals surface area contributed by atoms with E-state index in [0.717, 1.165) is 0 Å². The van der Waals surface area contributed by atoms with Crippen LogP contribution in [0.2, 0.25) is 0 Å².